The molecule has 8 nitrogen and oxygen atoms in total. The molecule has 1 saturated heterocycles. The van der Waals surface area contributed by atoms with Crippen LogP contribution in [-0.4, -0.2) is 55.0 Å². The monoisotopic (exact) mass is 521 g/mol. The van der Waals surface area contributed by atoms with Crippen molar-refractivity contribution in [3.05, 3.63) is 71.8 Å². The Hall–Kier alpha value is -3.27. The Morgan fingerprint density at radius 2 is 1.92 bits per heavy atom. The minimum atomic E-state index is -3.68. The minimum absolute atomic E-state index is 0.0982. The maximum atomic E-state index is 13.3. The number of anilines is 1. The van der Waals surface area contributed by atoms with Gasteiger partial charge in [-0.3, -0.25) is 4.79 Å². The number of hydrogen-bond donors (Lipinski definition) is 2. The molecule has 2 heterocycles. The lowest BCUT2D eigenvalue weighted by Gasteiger charge is -2.22. The van der Waals surface area contributed by atoms with Gasteiger partial charge in [-0.1, -0.05) is 24.3 Å². The highest BCUT2D eigenvalue weighted by Gasteiger charge is 2.52. The summed E-state index contributed by atoms with van der Waals surface area (Å²) in [6.07, 6.45) is 2.92. The second kappa shape index (κ2) is 9.89. The molecule has 0 bridgehead atoms. The summed E-state index contributed by atoms with van der Waals surface area (Å²) in [5, 5.41) is 12.5. The Morgan fingerprint density at radius 3 is 2.59 bits per heavy atom. The van der Waals surface area contributed by atoms with Gasteiger partial charge in [-0.15, -0.1) is 0 Å². The molecule has 0 unspecified atom stereocenters. The second-order valence-electron chi connectivity index (χ2n) is 9.74. The molecule has 37 heavy (non-hydrogen) atoms. The predicted octanol–water partition coefficient (Wildman–Crippen LogP) is 3.88. The van der Waals surface area contributed by atoms with Gasteiger partial charge < -0.3 is 15.2 Å². The number of rotatable bonds is 8. The van der Waals surface area contributed by atoms with Gasteiger partial charge >= 0.3 is 0 Å². The number of aryl methyl sites for hydroxylation is 1. The highest BCUT2D eigenvalue weighted by molar-refractivity contribution is 7.89. The van der Waals surface area contributed by atoms with E-state index in [1.54, 1.807) is 37.4 Å². The summed E-state index contributed by atoms with van der Waals surface area (Å²) < 4.78 is 32.9. The van der Waals surface area contributed by atoms with E-state index in [0.717, 1.165) is 41.7 Å². The molecule has 5 rings (SSSR count). The lowest BCUT2D eigenvalue weighted by atomic mass is 9.90. The van der Waals surface area contributed by atoms with Crippen LogP contribution in [0.15, 0.2) is 65.6 Å². The van der Waals surface area contributed by atoms with E-state index >= 15 is 0 Å². The summed E-state index contributed by atoms with van der Waals surface area (Å²) in [5.41, 5.74) is 2.79. The molecule has 0 spiro atoms. The summed E-state index contributed by atoms with van der Waals surface area (Å²) in [6.45, 7) is 2.23. The van der Waals surface area contributed by atoms with E-state index in [1.807, 2.05) is 37.3 Å². The van der Waals surface area contributed by atoms with E-state index in [9.17, 15) is 18.3 Å². The number of hydrogen-bond acceptors (Lipinski definition) is 6. The molecular weight excluding hydrogens is 490 g/mol. The third-order valence-corrected chi connectivity index (χ3v) is 9.39. The van der Waals surface area contributed by atoms with E-state index in [0.29, 0.717) is 24.5 Å². The van der Waals surface area contributed by atoms with Crippen molar-refractivity contribution in [2.45, 2.75) is 49.0 Å². The van der Waals surface area contributed by atoms with E-state index in [-0.39, 0.29) is 23.5 Å². The van der Waals surface area contributed by atoms with Crippen LogP contribution in [-0.2, 0) is 20.2 Å². The van der Waals surface area contributed by atoms with Gasteiger partial charge in [-0.05, 0) is 80.1 Å². The molecule has 1 saturated carbocycles. The molecule has 2 fully saturated rings. The van der Waals surface area contributed by atoms with Crippen molar-refractivity contribution in [2.75, 3.05) is 25.6 Å². The van der Waals surface area contributed by atoms with Crippen molar-refractivity contribution >= 4 is 21.7 Å². The molecule has 1 aliphatic carbocycles. The van der Waals surface area contributed by atoms with E-state index < -0.39 is 15.4 Å². The van der Waals surface area contributed by atoms with E-state index in [4.69, 9.17) is 4.74 Å². The first kappa shape index (κ1) is 25.4. The summed E-state index contributed by atoms with van der Waals surface area (Å²) in [5.74, 6) is 1.06. The molecule has 2 aliphatic rings. The summed E-state index contributed by atoms with van der Waals surface area (Å²) in [6, 6.07) is 17.4. The number of aliphatic hydroxyl groups excluding tert-OH is 1. The van der Waals surface area contributed by atoms with Gasteiger partial charge in [-0.25, -0.2) is 13.4 Å². The number of aromatic nitrogens is 1. The number of nitrogens with one attached hydrogen (secondary N) is 1. The zero-order chi connectivity index (χ0) is 26.2. The predicted molar refractivity (Wildman–Crippen MR) is 141 cm³/mol. The molecule has 0 radical (unpaired) electrons. The van der Waals surface area contributed by atoms with Gasteiger partial charge in [0.2, 0.25) is 15.9 Å². The van der Waals surface area contributed by atoms with Crippen LogP contribution in [0.25, 0.3) is 11.3 Å². The molecular formula is C28H31N3O5S. The number of nitrogens with zero attached hydrogens (tertiary/aromatic N) is 2. The maximum absolute atomic E-state index is 13.3. The molecule has 9 heteroatoms. The van der Waals surface area contributed by atoms with Crippen LogP contribution in [0.3, 0.4) is 0 Å². The molecule has 194 valence electrons. The van der Waals surface area contributed by atoms with E-state index in [1.165, 1.54) is 4.31 Å². The Morgan fingerprint density at radius 1 is 1.16 bits per heavy atom. The number of benzene rings is 2. The third kappa shape index (κ3) is 4.74. The first-order chi connectivity index (χ1) is 17.8. The maximum Gasteiger partial charge on any atom is 0.243 e. The van der Waals surface area contributed by atoms with Crippen molar-refractivity contribution in [1.82, 2.24) is 9.29 Å². The normalized spacial score (nSPS) is 18.9. The molecule has 2 aromatic carbocycles. The molecule has 3 aromatic rings. The van der Waals surface area contributed by atoms with Gasteiger partial charge in [0.05, 0.1) is 29.7 Å². The standard InChI is InChI=1S/C28H31N3O5S/c1-19-8-11-22(36-2)17-24(19)28(14-15-28)27(33)30-26-7-3-6-25(29-26)20-9-12-23(13-10-20)37(34,35)31-16-4-5-21(31)18-32/h3,6-13,17,21,32H,4-5,14-16,18H2,1-2H3,(H,29,30,33)/t21-/m1/s1. The fourth-order valence-corrected chi connectivity index (χ4v) is 6.81. The molecule has 1 amide bonds. The fraction of sp³-hybridized carbons (Fsp3) is 0.357. The van der Waals surface area contributed by atoms with Crippen molar-refractivity contribution in [2.24, 2.45) is 0 Å². The number of carbonyl (C=O) groups is 1. The average Bonchev–Trinajstić information content (AvgIpc) is 3.57. The Labute approximate surface area is 217 Å². The van der Waals surface area contributed by atoms with Crippen molar-refractivity contribution in [3.8, 4) is 17.0 Å². The van der Waals surface area contributed by atoms with Gasteiger partial charge in [0.1, 0.15) is 11.6 Å². The molecule has 1 aliphatic heterocycles. The number of methoxy groups -OCH3 is 1. The minimum Gasteiger partial charge on any atom is -0.497 e. The van der Waals surface area contributed by atoms with Crippen molar-refractivity contribution in [3.63, 3.8) is 0 Å². The van der Waals surface area contributed by atoms with Crippen LogP contribution in [0, 0.1) is 6.92 Å². The summed E-state index contributed by atoms with van der Waals surface area (Å²) in [4.78, 5) is 18.2. The van der Waals surface area contributed by atoms with Crippen LogP contribution in [0.4, 0.5) is 5.82 Å². The fourth-order valence-electron chi connectivity index (χ4n) is 5.13. The van der Waals surface area contributed by atoms with Gasteiger partial charge in [0.15, 0.2) is 0 Å². The van der Waals surface area contributed by atoms with Crippen LogP contribution in [0.1, 0.15) is 36.8 Å². The van der Waals surface area contributed by atoms with Crippen molar-refractivity contribution in [1.29, 1.82) is 0 Å². The SMILES string of the molecule is COc1ccc(C)c(C2(C(=O)Nc3cccc(-c4ccc(S(=O)(=O)N5CCC[C@@H]5CO)cc4)n3)CC2)c1. The van der Waals surface area contributed by atoms with Crippen LogP contribution in [0.2, 0.25) is 0 Å². The Kier molecular flexibility index (Phi) is 6.78. The van der Waals surface area contributed by atoms with Gasteiger partial charge in [-0.2, -0.15) is 4.31 Å². The van der Waals surface area contributed by atoms with Crippen LogP contribution < -0.4 is 10.1 Å². The Balaban J connectivity index is 1.34. The first-order valence-corrected chi connectivity index (χ1v) is 13.9. The number of pyridine rings is 1. The molecule has 1 atom stereocenters. The molecule has 2 N–H and O–H groups in total. The Bertz CT molecular complexity index is 1420. The lowest BCUT2D eigenvalue weighted by Crippen LogP contribution is -2.37. The quantitative estimate of drug-likeness (QED) is 0.466. The highest BCUT2D eigenvalue weighted by atomic mass is 32.2. The topological polar surface area (TPSA) is 109 Å². The number of amides is 1. The second-order valence-corrected chi connectivity index (χ2v) is 11.6. The first-order valence-electron chi connectivity index (χ1n) is 12.5. The number of carbonyl (C=O) groups excluding carboxylic acids is 1. The zero-order valence-corrected chi connectivity index (χ0v) is 21.8. The number of ether oxygens (including phenoxy) is 1. The zero-order valence-electron chi connectivity index (χ0n) is 21.0. The summed E-state index contributed by atoms with van der Waals surface area (Å²) >= 11 is 0. The van der Waals surface area contributed by atoms with Crippen molar-refractivity contribution < 1.29 is 23.1 Å². The smallest absolute Gasteiger partial charge is 0.243 e. The highest BCUT2D eigenvalue weighted by Crippen LogP contribution is 2.50. The van der Waals surface area contributed by atoms with Gasteiger partial charge in [0.25, 0.3) is 0 Å². The lowest BCUT2D eigenvalue weighted by molar-refractivity contribution is -0.118. The largest absolute Gasteiger partial charge is 0.497 e. The van der Waals surface area contributed by atoms with Crippen LogP contribution >= 0.6 is 0 Å². The van der Waals surface area contributed by atoms with Crippen LogP contribution in [0.5, 0.6) is 5.75 Å². The third-order valence-electron chi connectivity index (χ3n) is 7.43. The summed E-state index contributed by atoms with van der Waals surface area (Å²) in [7, 11) is -2.07. The van der Waals surface area contributed by atoms with E-state index in [2.05, 4.69) is 10.3 Å². The number of aliphatic hydroxyl groups is 1. The average molecular weight is 522 g/mol. The molecule has 1 aromatic heterocycles. The van der Waals surface area contributed by atoms with Gasteiger partial charge in [0, 0.05) is 18.2 Å². The number of sulfonamides is 1.